The van der Waals surface area contributed by atoms with Crippen LogP contribution in [0.3, 0.4) is 0 Å². The van der Waals surface area contributed by atoms with Crippen molar-refractivity contribution in [3.8, 4) is 0 Å². The van der Waals surface area contributed by atoms with Crippen LogP contribution in [-0.2, 0) is 4.79 Å². The molecule has 0 radical (unpaired) electrons. The summed E-state index contributed by atoms with van der Waals surface area (Å²) in [5.74, 6) is 0. The van der Waals surface area contributed by atoms with Gasteiger partial charge in [-0.1, -0.05) is 0 Å². The van der Waals surface area contributed by atoms with Crippen molar-refractivity contribution in [3.63, 3.8) is 0 Å². The van der Waals surface area contributed by atoms with E-state index in [1.807, 2.05) is 20.8 Å². The van der Waals surface area contributed by atoms with E-state index in [1.165, 1.54) is 11.2 Å². The van der Waals surface area contributed by atoms with Crippen molar-refractivity contribution in [1.82, 2.24) is 4.90 Å². The maximum atomic E-state index is 10.1. The molecular formula is C7H14N2O. The third-order valence-corrected chi connectivity index (χ3v) is 0.793. The fraction of sp³-hybridized carbons (Fsp3) is 0.714. The van der Waals surface area contributed by atoms with Gasteiger partial charge in [-0.05, 0) is 20.8 Å². The lowest BCUT2D eigenvalue weighted by Crippen LogP contribution is -2.18. The van der Waals surface area contributed by atoms with Gasteiger partial charge < -0.3 is 4.90 Å². The van der Waals surface area contributed by atoms with Gasteiger partial charge in [0.25, 0.3) is 0 Å². The Morgan fingerprint density at radius 2 is 1.90 bits per heavy atom. The van der Waals surface area contributed by atoms with Crippen LogP contribution in [0.25, 0.3) is 0 Å². The Kier molecular flexibility index (Phi) is 3.06. The molecule has 0 rings (SSSR count). The van der Waals surface area contributed by atoms with Crippen LogP contribution in [0.5, 0.6) is 0 Å². The zero-order valence-electron chi connectivity index (χ0n) is 6.96. The predicted molar refractivity (Wildman–Crippen MR) is 42.1 cm³/mol. The number of aliphatic imine (C=N–C) groups is 1. The normalized spacial score (nSPS) is 12.0. The Hall–Kier alpha value is -0.860. The molecule has 0 aromatic rings. The minimum Gasteiger partial charge on any atom is -0.309 e. The first-order chi connectivity index (χ1) is 4.45. The highest BCUT2D eigenvalue weighted by Crippen LogP contribution is 2.04. The van der Waals surface area contributed by atoms with E-state index < -0.39 is 0 Å². The van der Waals surface area contributed by atoms with Gasteiger partial charge in [-0.2, -0.15) is 0 Å². The summed E-state index contributed by atoms with van der Waals surface area (Å²) in [6.07, 6.45) is 2.24. The van der Waals surface area contributed by atoms with E-state index in [0.29, 0.717) is 0 Å². The van der Waals surface area contributed by atoms with Crippen LogP contribution in [0.1, 0.15) is 20.8 Å². The number of nitrogens with zero attached hydrogens (tertiary/aromatic N) is 2. The molecular weight excluding hydrogens is 128 g/mol. The number of carbonyl (C=O) groups is 1. The molecule has 1 amide bonds. The van der Waals surface area contributed by atoms with Gasteiger partial charge in [0.2, 0.25) is 6.41 Å². The van der Waals surface area contributed by atoms with Crippen LogP contribution in [0.15, 0.2) is 4.99 Å². The van der Waals surface area contributed by atoms with Crippen molar-refractivity contribution >= 4 is 12.7 Å². The molecule has 0 fully saturated rings. The second-order valence-electron chi connectivity index (χ2n) is 3.19. The zero-order chi connectivity index (χ0) is 8.20. The van der Waals surface area contributed by atoms with E-state index in [4.69, 9.17) is 0 Å². The van der Waals surface area contributed by atoms with E-state index >= 15 is 0 Å². The maximum Gasteiger partial charge on any atom is 0.214 e. The molecule has 0 aromatic carbocycles. The second kappa shape index (κ2) is 3.34. The molecule has 3 nitrogen and oxygen atoms in total. The Morgan fingerprint density at radius 3 is 2.20 bits per heavy atom. The summed E-state index contributed by atoms with van der Waals surface area (Å²) in [4.78, 5) is 15.5. The first kappa shape index (κ1) is 9.14. The Morgan fingerprint density at radius 1 is 1.40 bits per heavy atom. The molecule has 0 spiro atoms. The highest BCUT2D eigenvalue weighted by Gasteiger charge is 2.04. The van der Waals surface area contributed by atoms with Crippen molar-refractivity contribution in [2.24, 2.45) is 4.99 Å². The number of hydrogen-bond donors (Lipinski definition) is 0. The SMILES string of the molecule is CN(C=O)C=NC(C)(C)C. The number of rotatable bonds is 2. The molecule has 58 valence electrons. The fourth-order valence-corrected chi connectivity index (χ4v) is 0.291. The third kappa shape index (κ3) is 5.28. The lowest BCUT2D eigenvalue weighted by Gasteiger charge is -2.12. The van der Waals surface area contributed by atoms with E-state index in [-0.39, 0.29) is 5.54 Å². The van der Waals surface area contributed by atoms with Crippen LogP contribution in [0.4, 0.5) is 0 Å². The van der Waals surface area contributed by atoms with Gasteiger partial charge >= 0.3 is 0 Å². The maximum absolute atomic E-state index is 10.1. The lowest BCUT2D eigenvalue weighted by atomic mass is 10.1. The topological polar surface area (TPSA) is 32.7 Å². The molecule has 0 saturated heterocycles. The minimum absolute atomic E-state index is 0.0999. The summed E-state index contributed by atoms with van der Waals surface area (Å²) < 4.78 is 0. The summed E-state index contributed by atoms with van der Waals surface area (Å²) in [5.41, 5.74) is -0.0999. The van der Waals surface area contributed by atoms with E-state index in [1.54, 1.807) is 7.05 Å². The fourth-order valence-electron chi connectivity index (χ4n) is 0.291. The van der Waals surface area contributed by atoms with Gasteiger partial charge in [0.15, 0.2) is 0 Å². The highest BCUT2D eigenvalue weighted by molar-refractivity contribution is 5.71. The van der Waals surface area contributed by atoms with Gasteiger partial charge in [0.05, 0.1) is 11.9 Å². The number of carbonyl (C=O) groups excluding carboxylic acids is 1. The van der Waals surface area contributed by atoms with Crippen LogP contribution in [0, 0.1) is 0 Å². The first-order valence-corrected chi connectivity index (χ1v) is 3.18. The molecule has 0 aliphatic rings. The smallest absolute Gasteiger partial charge is 0.214 e. The van der Waals surface area contributed by atoms with Crippen molar-refractivity contribution in [2.75, 3.05) is 7.05 Å². The van der Waals surface area contributed by atoms with Crippen LogP contribution >= 0.6 is 0 Å². The monoisotopic (exact) mass is 142 g/mol. The summed E-state index contributed by atoms with van der Waals surface area (Å²) in [6.45, 7) is 5.92. The molecule has 0 aromatic heterocycles. The van der Waals surface area contributed by atoms with Crippen LogP contribution < -0.4 is 0 Å². The molecule has 10 heavy (non-hydrogen) atoms. The second-order valence-corrected chi connectivity index (χ2v) is 3.19. The van der Waals surface area contributed by atoms with Crippen molar-refractivity contribution in [1.29, 1.82) is 0 Å². The molecule has 0 N–H and O–H groups in total. The van der Waals surface area contributed by atoms with Gasteiger partial charge in [0.1, 0.15) is 0 Å². The minimum atomic E-state index is -0.0999. The standard InChI is InChI=1S/C7H14N2O/c1-7(2,3)8-5-9(4)6-10/h5-6H,1-4H3. The first-order valence-electron chi connectivity index (χ1n) is 3.18. The molecule has 0 heterocycles. The molecule has 0 atom stereocenters. The molecule has 0 saturated carbocycles. The van der Waals surface area contributed by atoms with Gasteiger partial charge in [-0.25, -0.2) is 0 Å². The molecule has 0 bridgehead atoms. The van der Waals surface area contributed by atoms with Crippen LogP contribution in [-0.4, -0.2) is 30.2 Å². The zero-order valence-corrected chi connectivity index (χ0v) is 6.96. The Labute approximate surface area is 61.7 Å². The average molecular weight is 142 g/mol. The summed E-state index contributed by atoms with van der Waals surface area (Å²) in [6, 6.07) is 0. The van der Waals surface area contributed by atoms with Gasteiger partial charge in [-0.3, -0.25) is 9.79 Å². The van der Waals surface area contributed by atoms with Crippen molar-refractivity contribution in [2.45, 2.75) is 26.3 Å². The van der Waals surface area contributed by atoms with Gasteiger partial charge in [-0.15, -0.1) is 0 Å². The molecule has 0 aliphatic carbocycles. The van der Waals surface area contributed by atoms with E-state index in [0.717, 1.165) is 6.41 Å². The van der Waals surface area contributed by atoms with Crippen molar-refractivity contribution in [3.05, 3.63) is 0 Å². The van der Waals surface area contributed by atoms with Crippen LogP contribution in [0.2, 0.25) is 0 Å². The lowest BCUT2D eigenvalue weighted by molar-refractivity contribution is -0.113. The number of hydrogen-bond acceptors (Lipinski definition) is 2. The quantitative estimate of drug-likeness (QED) is 0.320. The van der Waals surface area contributed by atoms with Gasteiger partial charge in [0, 0.05) is 7.05 Å². The molecule has 3 heteroatoms. The molecule has 0 aliphatic heterocycles. The summed E-state index contributed by atoms with van der Waals surface area (Å²) >= 11 is 0. The number of amides is 1. The summed E-state index contributed by atoms with van der Waals surface area (Å²) in [7, 11) is 1.66. The Bertz CT molecular complexity index is 135. The molecule has 0 unspecified atom stereocenters. The van der Waals surface area contributed by atoms with E-state index in [9.17, 15) is 4.79 Å². The third-order valence-electron chi connectivity index (χ3n) is 0.793. The predicted octanol–water partition coefficient (Wildman–Crippen LogP) is 0.901. The van der Waals surface area contributed by atoms with E-state index in [2.05, 4.69) is 4.99 Å². The van der Waals surface area contributed by atoms with Crippen molar-refractivity contribution < 1.29 is 4.79 Å². The average Bonchev–Trinajstić information content (AvgIpc) is 1.81. The largest absolute Gasteiger partial charge is 0.309 e. The summed E-state index contributed by atoms with van der Waals surface area (Å²) in [5, 5.41) is 0. The Balaban J connectivity index is 3.87. The highest BCUT2D eigenvalue weighted by atomic mass is 16.1.